The molecule has 0 aromatic heterocycles. The molecule has 4 atom stereocenters. The van der Waals surface area contributed by atoms with E-state index in [1.807, 2.05) is 24.3 Å². The third-order valence-corrected chi connectivity index (χ3v) is 8.93. The highest BCUT2D eigenvalue weighted by atomic mass is 127. The van der Waals surface area contributed by atoms with Gasteiger partial charge in [0, 0.05) is 0 Å². The Morgan fingerprint density at radius 3 is 2.20 bits per heavy atom. The highest BCUT2D eigenvalue weighted by molar-refractivity contribution is 14.1. The van der Waals surface area contributed by atoms with Gasteiger partial charge in [-0.25, -0.2) is 0 Å². The minimum Gasteiger partial charge on any atom is -0.487 e. The van der Waals surface area contributed by atoms with Crippen molar-refractivity contribution in [3.63, 3.8) is 0 Å². The van der Waals surface area contributed by atoms with Crippen LogP contribution in [0.5, 0.6) is 5.75 Å². The Labute approximate surface area is 230 Å². The number of benzene rings is 3. The molecule has 1 heterocycles. The van der Waals surface area contributed by atoms with Crippen LogP contribution in [0.2, 0.25) is 0 Å². The number of ether oxygens (including phenoxy) is 1. The van der Waals surface area contributed by atoms with Crippen LogP contribution >= 0.6 is 45.2 Å². The number of halogens is 2. The fourth-order valence-electron chi connectivity index (χ4n) is 5.66. The molecule has 7 heteroatoms. The van der Waals surface area contributed by atoms with Crippen molar-refractivity contribution >= 4 is 74.0 Å². The number of hydrogen-bond donors (Lipinski definition) is 0. The first-order valence-corrected chi connectivity index (χ1v) is 13.9. The molecule has 3 aliphatic carbocycles. The first kappa shape index (κ1) is 23.1. The van der Waals surface area contributed by atoms with E-state index in [0.717, 1.165) is 41.9 Å². The average molecular weight is 688 g/mol. The Kier molecular flexibility index (Phi) is 6.16. The molecule has 0 spiro atoms. The van der Waals surface area contributed by atoms with Gasteiger partial charge in [-0.2, -0.15) is 10.1 Å². The van der Waals surface area contributed by atoms with Gasteiger partial charge < -0.3 is 4.74 Å². The highest BCUT2D eigenvalue weighted by Gasteiger charge is 2.56. The smallest absolute Gasteiger partial charge is 0.254 e. The molecule has 0 unspecified atom stereocenters. The van der Waals surface area contributed by atoms with Crippen molar-refractivity contribution in [2.24, 2.45) is 28.8 Å². The van der Waals surface area contributed by atoms with Gasteiger partial charge in [-0.15, -0.1) is 0 Å². The number of hydrazone groups is 1. The zero-order valence-corrected chi connectivity index (χ0v) is 23.0. The molecule has 35 heavy (non-hydrogen) atoms. The molecule has 1 saturated heterocycles. The summed E-state index contributed by atoms with van der Waals surface area (Å²) in [5, 5.41) is 7.84. The van der Waals surface area contributed by atoms with Gasteiger partial charge in [-0.3, -0.25) is 9.59 Å². The van der Waals surface area contributed by atoms with Crippen molar-refractivity contribution in [1.29, 1.82) is 0 Å². The maximum Gasteiger partial charge on any atom is 0.254 e. The van der Waals surface area contributed by atoms with Crippen molar-refractivity contribution in [2.45, 2.75) is 19.4 Å². The number of imide groups is 1. The third kappa shape index (κ3) is 4.10. The largest absolute Gasteiger partial charge is 0.487 e. The summed E-state index contributed by atoms with van der Waals surface area (Å²) >= 11 is 4.52. The van der Waals surface area contributed by atoms with Gasteiger partial charge >= 0.3 is 0 Å². The van der Waals surface area contributed by atoms with E-state index in [4.69, 9.17) is 4.74 Å². The summed E-state index contributed by atoms with van der Waals surface area (Å²) in [5.74, 6) is 0.355. The van der Waals surface area contributed by atoms with E-state index in [1.54, 1.807) is 6.21 Å². The molecule has 7 rings (SSSR count). The fraction of sp³-hybridized carbons (Fsp3) is 0.250. The van der Waals surface area contributed by atoms with E-state index in [2.05, 4.69) is 92.8 Å². The molecule has 1 saturated carbocycles. The Balaban J connectivity index is 1.20. The zero-order chi connectivity index (χ0) is 24.1. The quantitative estimate of drug-likeness (QED) is 0.140. The van der Waals surface area contributed by atoms with Crippen LogP contribution in [-0.4, -0.2) is 23.0 Å². The van der Waals surface area contributed by atoms with E-state index in [9.17, 15) is 9.59 Å². The van der Waals surface area contributed by atoms with Gasteiger partial charge in [-0.1, -0.05) is 54.6 Å². The minimum atomic E-state index is -0.242. The van der Waals surface area contributed by atoms with Gasteiger partial charge in [0.1, 0.15) is 12.4 Å². The predicted octanol–water partition coefficient (Wildman–Crippen LogP) is 6.16. The van der Waals surface area contributed by atoms with E-state index in [1.165, 1.54) is 10.8 Å². The lowest BCUT2D eigenvalue weighted by molar-refractivity contribution is -0.140. The molecule has 0 N–H and O–H groups in total. The van der Waals surface area contributed by atoms with E-state index < -0.39 is 0 Å². The van der Waals surface area contributed by atoms with Crippen molar-refractivity contribution in [3.8, 4) is 5.75 Å². The summed E-state index contributed by atoms with van der Waals surface area (Å²) in [6, 6.07) is 18.5. The lowest BCUT2D eigenvalue weighted by Gasteiger charge is -2.37. The zero-order valence-electron chi connectivity index (χ0n) is 18.7. The molecular weight excluding hydrogens is 666 g/mol. The van der Waals surface area contributed by atoms with Crippen LogP contribution < -0.4 is 4.74 Å². The Morgan fingerprint density at radius 2 is 1.54 bits per heavy atom. The number of carbonyl (C=O) groups is 2. The molecule has 1 aliphatic heterocycles. The van der Waals surface area contributed by atoms with Crippen molar-refractivity contribution < 1.29 is 14.3 Å². The molecule has 3 aromatic rings. The number of amides is 2. The summed E-state index contributed by atoms with van der Waals surface area (Å²) in [6.45, 7) is 0.469. The van der Waals surface area contributed by atoms with Crippen LogP contribution in [0.25, 0.3) is 10.8 Å². The number of hydrogen-bond acceptors (Lipinski definition) is 4. The predicted molar refractivity (Wildman–Crippen MR) is 152 cm³/mol. The molecule has 3 aromatic carbocycles. The van der Waals surface area contributed by atoms with Crippen LogP contribution in [0.4, 0.5) is 0 Å². The first-order valence-electron chi connectivity index (χ1n) is 11.7. The highest BCUT2D eigenvalue weighted by Crippen LogP contribution is 2.49. The normalized spacial score (nSPS) is 25.1. The number of fused-ring (bicyclic) bond motifs is 2. The SMILES string of the molecule is O=C1[C@@H]2[C@H](C(=O)N1/N=C\c1cc(I)c(OCc3cccc4ccccc34)c(I)c1)[C@@H]1C=C[C@@H]2CC1. The maximum atomic E-state index is 13.0. The summed E-state index contributed by atoms with van der Waals surface area (Å²) in [6.07, 6.45) is 7.82. The minimum absolute atomic E-state index is 0.158. The molecule has 0 radical (unpaired) electrons. The van der Waals surface area contributed by atoms with Gasteiger partial charge in [0.25, 0.3) is 11.8 Å². The second-order valence-electron chi connectivity index (χ2n) is 9.31. The fourth-order valence-corrected chi connectivity index (χ4v) is 7.78. The topological polar surface area (TPSA) is 59.0 Å². The molecule has 2 bridgehead atoms. The Hall–Kier alpha value is -2.27. The number of allylic oxidation sites excluding steroid dienone is 2. The molecule has 5 nitrogen and oxygen atoms in total. The Morgan fingerprint density at radius 1 is 0.914 bits per heavy atom. The van der Waals surface area contributed by atoms with E-state index in [-0.39, 0.29) is 35.5 Å². The number of rotatable bonds is 5. The molecule has 4 aliphatic rings. The maximum absolute atomic E-state index is 13.0. The summed E-state index contributed by atoms with van der Waals surface area (Å²) in [5.41, 5.74) is 1.96. The van der Waals surface area contributed by atoms with Crippen LogP contribution in [0.3, 0.4) is 0 Å². The Bertz CT molecular complexity index is 1360. The second kappa shape index (κ2) is 9.31. The monoisotopic (exact) mass is 688 g/mol. The lowest BCUT2D eigenvalue weighted by Crippen LogP contribution is -2.38. The van der Waals surface area contributed by atoms with Gasteiger partial charge in [0.05, 0.1) is 25.2 Å². The van der Waals surface area contributed by atoms with Crippen LogP contribution in [0, 0.1) is 30.8 Å². The van der Waals surface area contributed by atoms with Crippen molar-refractivity contribution in [2.75, 3.05) is 0 Å². The second-order valence-corrected chi connectivity index (χ2v) is 11.6. The van der Waals surface area contributed by atoms with Gasteiger partial charge in [0.15, 0.2) is 0 Å². The van der Waals surface area contributed by atoms with E-state index in [0.29, 0.717) is 6.61 Å². The van der Waals surface area contributed by atoms with Gasteiger partial charge in [0.2, 0.25) is 0 Å². The number of nitrogens with zero attached hydrogens (tertiary/aromatic N) is 2. The molecule has 176 valence electrons. The van der Waals surface area contributed by atoms with Crippen molar-refractivity contribution in [1.82, 2.24) is 5.01 Å². The summed E-state index contributed by atoms with van der Waals surface area (Å²) in [7, 11) is 0. The molecular formula is C28H22I2N2O3. The summed E-state index contributed by atoms with van der Waals surface area (Å²) < 4.78 is 8.14. The summed E-state index contributed by atoms with van der Waals surface area (Å²) in [4.78, 5) is 26.0. The first-order chi connectivity index (χ1) is 17.0. The average Bonchev–Trinajstić information content (AvgIpc) is 3.14. The molecule has 2 amide bonds. The van der Waals surface area contributed by atoms with Crippen molar-refractivity contribution in [3.05, 3.63) is 85.0 Å². The third-order valence-electron chi connectivity index (χ3n) is 7.33. The van der Waals surface area contributed by atoms with Crippen LogP contribution in [0.1, 0.15) is 24.0 Å². The standard InChI is InChI=1S/C28H22I2N2O3/c29-22-12-16(14-31-32-27(33)24-18-8-9-19(11-10-18)25(24)28(32)34)13-23(30)26(22)35-15-20-6-3-5-17-4-1-2-7-21(17)20/h1-9,12-14,18-19,24-25H,10-11,15H2/b31-14-/t18-,19-,24-,25+/m1/s1. The van der Waals surface area contributed by atoms with Crippen LogP contribution in [-0.2, 0) is 16.2 Å². The van der Waals surface area contributed by atoms with Gasteiger partial charge in [-0.05, 0) is 104 Å². The van der Waals surface area contributed by atoms with E-state index >= 15 is 0 Å². The van der Waals surface area contributed by atoms with Crippen LogP contribution in [0.15, 0.2) is 71.9 Å². The lowest BCUT2D eigenvalue weighted by atomic mass is 9.63. The molecule has 2 fully saturated rings. The number of carbonyl (C=O) groups excluding carboxylic acids is 2.